The average Bonchev–Trinajstić information content (AvgIpc) is 3.66. The number of alkyl carbamates (subject to hydrolysis) is 1. The maximum absolute atomic E-state index is 12.9. The first kappa shape index (κ1) is 33.7. The van der Waals surface area contributed by atoms with Crippen molar-refractivity contribution in [2.45, 2.75) is 104 Å². The summed E-state index contributed by atoms with van der Waals surface area (Å²) in [7, 11) is 0. The highest BCUT2D eigenvalue weighted by molar-refractivity contribution is 5.78. The zero-order valence-electron chi connectivity index (χ0n) is 28.6. The molecule has 0 spiro atoms. The van der Waals surface area contributed by atoms with Gasteiger partial charge in [0.2, 0.25) is 11.9 Å². The van der Waals surface area contributed by atoms with Gasteiger partial charge in [-0.25, -0.2) is 14.8 Å². The summed E-state index contributed by atoms with van der Waals surface area (Å²) >= 11 is 0. The van der Waals surface area contributed by atoms with Gasteiger partial charge in [0.15, 0.2) is 11.6 Å². The van der Waals surface area contributed by atoms with Gasteiger partial charge in [0.1, 0.15) is 5.60 Å². The number of nitrogens with zero attached hydrogens (tertiary/aromatic N) is 7. The summed E-state index contributed by atoms with van der Waals surface area (Å²) in [4.78, 5) is 45.5. The molecule has 0 bridgehead atoms. The molecule has 1 N–H and O–H groups in total. The molecular formula is C33H52N8O5. The topological polar surface area (TPSA) is 139 Å². The van der Waals surface area contributed by atoms with Crippen LogP contribution in [0.5, 0.6) is 5.75 Å². The minimum absolute atomic E-state index is 0.123. The summed E-state index contributed by atoms with van der Waals surface area (Å²) in [6, 6.07) is 0.136. The third kappa shape index (κ3) is 8.58. The number of anilines is 2. The molecule has 0 aromatic carbocycles. The number of hydrogen-bond donors (Lipinski definition) is 1. The summed E-state index contributed by atoms with van der Waals surface area (Å²) in [6.45, 7) is 18.2. The fourth-order valence-corrected chi connectivity index (χ4v) is 6.62. The highest BCUT2D eigenvalue weighted by Crippen LogP contribution is 2.30. The van der Waals surface area contributed by atoms with Crippen LogP contribution in [-0.2, 0) is 9.53 Å². The second-order valence-electron chi connectivity index (χ2n) is 14.7. The molecule has 2 aromatic rings. The maximum atomic E-state index is 12.9. The van der Waals surface area contributed by atoms with E-state index in [0.29, 0.717) is 68.1 Å². The van der Waals surface area contributed by atoms with E-state index in [1.54, 1.807) is 12.4 Å². The van der Waals surface area contributed by atoms with Crippen molar-refractivity contribution >= 4 is 24.0 Å². The maximum Gasteiger partial charge on any atom is 0.408 e. The smallest absolute Gasteiger partial charge is 0.408 e. The number of hydrogen-bond acceptors (Lipinski definition) is 11. The molecule has 4 atom stereocenters. The third-order valence-electron chi connectivity index (χ3n) is 9.37. The van der Waals surface area contributed by atoms with Crippen LogP contribution >= 0.6 is 0 Å². The summed E-state index contributed by atoms with van der Waals surface area (Å²) in [5, 5.41) is 7.12. The van der Waals surface area contributed by atoms with E-state index in [0.717, 1.165) is 44.6 Å². The second-order valence-corrected chi connectivity index (χ2v) is 14.7. The van der Waals surface area contributed by atoms with E-state index in [9.17, 15) is 9.59 Å². The molecule has 0 radical (unpaired) electrons. The highest BCUT2D eigenvalue weighted by Gasteiger charge is 2.42. The van der Waals surface area contributed by atoms with Gasteiger partial charge in [-0.05, 0) is 64.2 Å². The van der Waals surface area contributed by atoms with Gasteiger partial charge < -0.3 is 34.0 Å². The Morgan fingerprint density at radius 3 is 2.43 bits per heavy atom. The number of piperidine rings is 2. The summed E-state index contributed by atoms with van der Waals surface area (Å²) in [5.74, 6) is 3.85. The van der Waals surface area contributed by atoms with Crippen LogP contribution in [-0.4, -0.2) is 94.0 Å². The number of ether oxygens (including phenoxy) is 2. The Balaban J connectivity index is 1.11. The van der Waals surface area contributed by atoms with Crippen LogP contribution < -0.4 is 19.9 Å². The van der Waals surface area contributed by atoms with Crippen molar-refractivity contribution in [3.63, 3.8) is 0 Å². The summed E-state index contributed by atoms with van der Waals surface area (Å²) in [6.07, 6.45) is 7.45. The van der Waals surface area contributed by atoms with Gasteiger partial charge in [-0.1, -0.05) is 32.9 Å². The lowest BCUT2D eigenvalue weighted by Crippen LogP contribution is -2.56. The van der Waals surface area contributed by atoms with E-state index >= 15 is 0 Å². The highest BCUT2D eigenvalue weighted by atomic mass is 16.6. The first-order chi connectivity index (χ1) is 21.9. The van der Waals surface area contributed by atoms with E-state index in [1.807, 2.05) is 30.6 Å². The lowest BCUT2D eigenvalue weighted by molar-refractivity contribution is -0.137. The van der Waals surface area contributed by atoms with Gasteiger partial charge in [0.25, 0.3) is 0 Å². The van der Waals surface area contributed by atoms with Crippen LogP contribution in [0.1, 0.15) is 92.3 Å². The van der Waals surface area contributed by atoms with Gasteiger partial charge in [-0.2, -0.15) is 4.98 Å². The SMILES string of the molecule is CC1CCC(=O)N([C@H]2CN(c3ncc(OCC[C@@H](C)C4CCN(c5nc(C(C)C)no5)CC4)cn3)C[C@@H]2NC(=O)OC(C)(C)C)C1. The van der Waals surface area contributed by atoms with Gasteiger partial charge in [0.05, 0.1) is 31.1 Å². The first-order valence-corrected chi connectivity index (χ1v) is 16.9. The largest absolute Gasteiger partial charge is 0.490 e. The molecule has 5 rings (SSSR count). The Morgan fingerprint density at radius 1 is 1.07 bits per heavy atom. The molecule has 254 valence electrons. The van der Waals surface area contributed by atoms with Crippen LogP contribution in [0.4, 0.5) is 16.8 Å². The average molecular weight is 641 g/mol. The van der Waals surface area contributed by atoms with Gasteiger partial charge >= 0.3 is 12.1 Å². The number of carbonyl (C=O) groups excluding carboxylic acids is 2. The predicted octanol–water partition coefficient (Wildman–Crippen LogP) is 4.65. The van der Waals surface area contributed by atoms with E-state index in [2.05, 4.69) is 58.0 Å². The molecule has 1 unspecified atom stereocenters. The molecule has 5 heterocycles. The zero-order valence-corrected chi connectivity index (χ0v) is 28.6. The molecule has 3 aliphatic heterocycles. The fraction of sp³-hybridized carbons (Fsp3) is 0.758. The number of nitrogens with one attached hydrogen (secondary N) is 1. The molecule has 13 heteroatoms. The molecule has 13 nitrogen and oxygen atoms in total. The van der Waals surface area contributed by atoms with E-state index in [4.69, 9.17) is 14.0 Å². The Morgan fingerprint density at radius 2 is 1.78 bits per heavy atom. The van der Waals surface area contributed by atoms with Crippen LogP contribution in [0.15, 0.2) is 16.9 Å². The quantitative estimate of drug-likeness (QED) is 0.388. The lowest BCUT2D eigenvalue weighted by atomic mass is 9.84. The van der Waals surface area contributed by atoms with Crippen molar-refractivity contribution in [2.24, 2.45) is 17.8 Å². The van der Waals surface area contributed by atoms with E-state index < -0.39 is 11.7 Å². The van der Waals surface area contributed by atoms with Gasteiger partial charge in [-0.15, -0.1) is 0 Å². The third-order valence-corrected chi connectivity index (χ3v) is 9.37. The van der Waals surface area contributed by atoms with Gasteiger partial charge in [0, 0.05) is 45.1 Å². The Bertz CT molecular complexity index is 1300. The van der Waals surface area contributed by atoms with Crippen molar-refractivity contribution in [1.29, 1.82) is 0 Å². The second kappa shape index (κ2) is 14.4. The Hall–Kier alpha value is -3.64. The van der Waals surface area contributed by atoms with Crippen molar-refractivity contribution in [2.75, 3.05) is 49.1 Å². The molecule has 46 heavy (non-hydrogen) atoms. The van der Waals surface area contributed by atoms with Crippen LogP contribution in [0, 0.1) is 17.8 Å². The lowest BCUT2D eigenvalue weighted by Gasteiger charge is -2.37. The van der Waals surface area contributed by atoms with Crippen LogP contribution in [0.25, 0.3) is 0 Å². The van der Waals surface area contributed by atoms with E-state index in [-0.39, 0.29) is 23.9 Å². The molecule has 2 aromatic heterocycles. The fourth-order valence-electron chi connectivity index (χ4n) is 6.62. The minimum Gasteiger partial charge on any atom is -0.490 e. The summed E-state index contributed by atoms with van der Waals surface area (Å²) in [5.41, 5.74) is -0.615. The monoisotopic (exact) mass is 640 g/mol. The molecule has 0 aliphatic carbocycles. The summed E-state index contributed by atoms with van der Waals surface area (Å²) < 4.78 is 17.1. The number of rotatable bonds is 10. The van der Waals surface area contributed by atoms with Crippen molar-refractivity contribution < 1.29 is 23.6 Å². The Kier molecular flexibility index (Phi) is 10.6. The molecule has 3 aliphatic rings. The molecular weight excluding hydrogens is 588 g/mol. The van der Waals surface area contributed by atoms with E-state index in [1.165, 1.54) is 0 Å². The van der Waals surface area contributed by atoms with Crippen molar-refractivity contribution in [3.05, 3.63) is 18.2 Å². The molecule has 3 fully saturated rings. The van der Waals surface area contributed by atoms with Crippen LogP contribution in [0.3, 0.4) is 0 Å². The van der Waals surface area contributed by atoms with Crippen molar-refractivity contribution in [3.8, 4) is 5.75 Å². The number of carbonyl (C=O) groups is 2. The number of likely N-dealkylation sites (tertiary alicyclic amines) is 1. The molecule has 3 saturated heterocycles. The van der Waals surface area contributed by atoms with Gasteiger partial charge in [-0.3, -0.25) is 4.79 Å². The predicted molar refractivity (Wildman–Crippen MR) is 174 cm³/mol. The zero-order chi connectivity index (χ0) is 33.0. The van der Waals surface area contributed by atoms with Crippen molar-refractivity contribution in [1.82, 2.24) is 30.3 Å². The standard InChI is InChI=1S/C33H52N8O5/c1-21(2)29-37-31(46-38-29)39-13-10-24(11-14-39)23(4)12-15-44-25-16-34-30(35-17-25)40-19-26(36-32(43)45-33(5,6)7)27(20-40)41-18-22(3)8-9-28(41)42/h16-17,21-24,26-27H,8-15,18-20H2,1-7H3,(H,36,43)/t22?,23-,26+,27+/m1/s1. The normalized spacial score (nSPS) is 23.6. The number of aromatic nitrogens is 4. The number of amides is 2. The van der Waals surface area contributed by atoms with Crippen LogP contribution in [0.2, 0.25) is 0 Å². The minimum atomic E-state index is -0.615. The molecule has 0 saturated carbocycles. The molecule has 2 amide bonds. The first-order valence-electron chi connectivity index (χ1n) is 16.9. The Labute approximate surface area is 272 Å².